The molecule has 10 heavy (non-hydrogen) atoms. The number of esters is 1. The summed E-state index contributed by atoms with van der Waals surface area (Å²) in [6, 6.07) is 0. The smallest absolute Gasteiger partial charge is 0.325 e. The average Bonchev–Trinajstić information content (AvgIpc) is 1.99. The molecule has 0 spiro atoms. The van der Waals surface area contributed by atoms with E-state index in [1.165, 1.54) is 6.26 Å². The van der Waals surface area contributed by atoms with Gasteiger partial charge in [-0.1, -0.05) is 12.7 Å². The van der Waals surface area contributed by atoms with Crippen molar-refractivity contribution in [3.63, 3.8) is 0 Å². The lowest BCUT2D eigenvalue weighted by Crippen LogP contribution is -2.00. The highest BCUT2D eigenvalue weighted by Crippen LogP contribution is 1.93. The molecule has 0 heterocycles. The minimum atomic E-state index is -0.456. The van der Waals surface area contributed by atoms with Gasteiger partial charge in [0, 0.05) is 0 Å². The zero-order chi connectivity index (χ0) is 7.98. The molecule has 0 fully saturated rings. The fourth-order valence-corrected chi connectivity index (χ4v) is 0.301. The summed E-state index contributed by atoms with van der Waals surface area (Å²) in [5, 5.41) is 0. The molecule has 0 atom stereocenters. The van der Waals surface area contributed by atoms with Crippen LogP contribution in [-0.2, 0) is 9.53 Å². The first-order valence-corrected chi connectivity index (χ1v) is 3.28. The molecule has 0 aromatic rings. The van der Waals surface area contributed by atoms with Crippen LogP contribution >= 0.6 is 11.6 Å². The van der Waals surface area contributed by atoms with Crippen LogP contribution in [0.1, 0.15) is 6.92 Å². The minimum Gasteiger partial charge on any atom is -0.433 e. The second-order valence-electron chi connectivity index (χ2n) is 1.69. The molecular weight excluding hydrogens is 152 g/mol. The van der Waals surface area contributed by atoms with Crippen molar-refractivity contribution < 1.29 is 9.53 Å². The van der Waals surface area contributed by atoms with Crippen molar-refractivity contribution in [1.29, 1.82) is 0 Å². The van der Waals surface area contributed by atoms with Gasteiger partial charge in [0.15, 0.2) is 0 Å². The Bertz CT molecular complexity index is 161. The Morgan fingerprint density at radius 3 is 2.80 bits per heavy atom. The predicted octanol–water partition coefficient (Wildman–Crippen LogP) is 1.86. The molecule has 2 nitrogen and oxygen atoms in total. The van der Waals surface area contributed by atoms with Crippen LogP contribution in [0.5, 0.6) is 0 Å². The number of hydrogen-bond donors (Lipinski definition) is 0. The van der Waals surface area contributed by atoms with Crippen molar-refractivity contribution in [3.05, 3.63) is 24.5 Å². The number of rotatable bonds is 3. The summed E-state index contributed by atoms with van der Waals surface area (Å²) in [4.78, 5) is 10.4. The van der Waals surface area contributed by atoms with E-state index in [2.05, 4.69) is 11.3 Å². The average molecular weight is 161 g/mol. The summed E-state index contributed by atoms with van der Waals surface area (Å²) in [7, 11) is 0. The van der Waals surface area contributed by atoms with Gasteiger partial charge < -0.3 is 4.74 Å². The summed E-state index contributed by atoms with van der Waals surface area (Å²) >= 11 is 5.15. The predicted molar refractivity (Wildman–Crippen MR) is 40.8 cm³/mol. The molecule has 0 radical (unpaired) electrons. The van der Waals surface area contributed by atoms with Crippen molar-refractivity contribution in [2.75, 3.05) is 5.88 Å². The van der Waals surface area contributed by atoms with Crippen molar-refractivity contribution in [1.82, 2.24) is 0 Å². The lowest BCUT2D eigenvalue weighted by atomic mass is 10.3. The van der Waals surface area contributed by atoms with E-state index in [1.807, 2.05) is 0 Å². The molecule has 0 amide bonds. The molecule has 0 aromatic carbocycles. The zero-order valence-electron chi connectivity index (χ0n) is 5.76. The molecule has 56 valence electrons. The molecule has 0 saturated carbocycles. The van der Waals surface area contributed by atoms with Crippen LogP contribution in [0.4, 0.5) is 0 Å². The maximum atomic E-state index is 10.4. The molecule has 3 heteroatoms. The number of allylic oxidation sites excluding steroid dienone is 2. The van der Waals surface area contributed by atoms with E-state index in [-0.39, 0.29) is 5.88 Å². The first-order chi connectivity index (χ1) is 4.70. The van der Waals surface area contributed by atoms with Crippen molar-refractivity contribution in [3.8, 4) is 0 Å². The van der Waals surface area contributed by atoms with Crippen LogP contribution in [0.15, 0.2) is 24.5 Å². The Balaban J connectivity index is 3.71. The van der Waals surface area contributed by atoms with Gasteiger partial charge in [0.25, 0.3) is 0 Å². The van der Waals surface area contributed by atoms with E-state index in [9.17, 15) is 4.79 Å². The van der Waals surface area contributed by atoms with Crippen LogP contribution in [0, 0.1) is 0 Å². The van der Waals surface area contributed by atoms with E-state index in [0.29, 0.717) is 0 Å². The quantitative estimate of drug-likeness (QED) is 0.273. The van der Waals surface area contributed by atoms with Gasteiger partial charge in [0.05, 0.1) is 6.26 Å². The fraction of sp³-hybridized carbons (Fsp3) is 0.286. The fourth-order valence-electron chi connectivity index (χ4n) is 0.238. The van der Waals surface area contributed by atoms with Gasteiger partial charge in [-0.15, -0.1) is 11.6 Å². The second kappa shape index (κ2) is 5.06. The van der Waals surface area contributed by atoms with Gasteiger partial charge >= 0.3 is 5.97 Å². The Kier molecular flexibility index (Phi) is 4.67. The summed E-state index contributed by atoms with van der Waals surface area (Å²) in [6.45, 7) is 5.24. The SMILES string of the molecule is C=CC(C)=COC(=O)CCl. The Labute approximate surface area is 65.1 Å². The molecule has 0 aliphatic heterocycles. The molecule has 0 unspecified atom stereocenters. The molecule has 0 aliphatic rings. The van der Waals surface area contributed by atoms with Crippen LogP contribution in [-0.4, -0.2) is 11.8 Å². The third kappa shape index (κ3) is 4.15. The number of alkyl halides is 1. The molecular formula is C7H9ClO2. The monoisotopic (exact) mass is 160 g/mol. The standard InChI is InChI=1S/C7H9ClO2/c1-3-6(2)5-10-7(9)4-8/h3,5H,1,4H2,2H3. The number of ether oxygens (including phenoxy) is 1. The summed E-state index contributed by atoms with van der Waals surface area (Å²) in [6.07, 6.45) is 2.90. The van der Waals surface area contributed by atoms with E-state index in [0.717, 1.165) is 5.57 Å². The second-order valence-corrected chi connectivity index (χ2v) is 1.96. The van der Waals surface area contributed by atoms with Crippen LogP contribution in [0.3, 0.4) is 0 Å². The van der Waals surface area contributed by atoms with E-state index < -0.39 is 5.97 Å². The maximum Gasteiger partial charge on any atom is 0.325 e. The number of carbonyl (C=O) groups excluding carboxylic acids is 1. The van der Waals surface area contributed by atoms with Gasteiger partial charge in [-0.05, 0) is 12.5 Å². The number of hydrogen-bond acceptors (Lipinski definition) is 2. The van der Waals surface area contributed by atoms with Crippen molar-refractivity contribution >= 4 is 17.6 Å². The van der Waals surface area contributed by atoms with E-state index in [1.54, 1.807) is 13.0 Å². The summed E-state index contributed by atoms with van der Waals surface area (Å²) < 4.78 is 4.54. The third-order valence-corrected chi connectivity index (χ3v) is 1.03. The number of halogens is 1. The minimum absolute atomic E-state index is 0.124. The van der Waals surface area contributed by atoms with Gasteiger partial charge in [-0.2, -0.15) is 0 Å². The maximum absolute atomic E-state index is 10.4. The highest BCUT2D eigenvalue weighted by atomic mass is 35.5. The Morgan fingerprint density at radius 2 is 2.40 bits per heavy atom. The largest absolute Gasteiger partial charge is 0.433 e. The first-order valence-electron chi connectivity index (χ1n) is 2.75. The van der Waals surface area contributed by atoms with Crippen LogP contribution in [0.2, 0.25) is 0 Å². The van der Waals surface area contributed by atoms with Crippen molar-refractivity contribution in [2.45, 2.75) is 6.92 Å². The summed E-state index contributed by atoms with van der Waals surface area (Å²) in [5.41, 5.74) is 0.790. The molecule has 0 bridgehead atoms. The highest BCUT2D eigenvalue weighted by molar-refractivity contribution is 6.26. The first kappa shape index (κ1) is 9.24. The Hall–Kier alpha value is -0.760. The van der Waals surface area contributed by atoms with Crippen molar-refractivity contribution in [2.24, 2.45) is 0 Å². The third-order valence-electron chi connectivity index (χ3n) is 0.807. The molecule has 0 saturated heterocycles. The summed E-state index contributed by atoms with van der Waals surface area (Å²) in [5.74, 6) is -0.580. The highest BCUT2D eigenvalue weighted by Gasteiger charge is 1.94. The van der Waals surface area contributed by atoms with Crippen LogP contribution < -0.4 is 0 Å². The lowest BCUT2D eigenvalue weighted by Gasteiger charge is -1.93. The molecule has 0 aromatic heterocycles. The van der Waals surface area contributed by atoms with Gasteiger partial charge in [0.1, 0.15) is 5.88 Å². The van der Waals surface area contributed by atoms with Gasteiger partial charge in [0.2, 0.25) is 0 Å². The Morgan fingerprint density at radius 1 is 1.80 bits per heavy atom. The number of carbonyl (C=O) groups is 1. The van der Waals surface area contributed by atoms with Gasteiger partial charge in [-0.25, -0.2) is 0 Å². The molecule has 0 rings (SSSR count). The van der Waals surface area contributed by atoms with Crippen LogP contribution in [0.25, 0.3) is 0 Å². The molecule has 0 aliphatic carbocycles. The van der Waals surface area contributed by atoms with Gasteiger partial charge in [-0.3, -0.25) is 4.79 Å². The van der Waals surface area contributed by atoms with E-state index >= 15 is 0 Å². The zero-order valence-corrected chi connectivity index (χ0v) is 6.52. The normalized spacial score (nSPS) is 10.8. The van der Waals surface area contributed by atoms with E-state index in [4.69, 9.17) is 11.6 Å². The lowest BCUT2D eigenvalue weighted by molar-refractivity contribution is -0.135. The molecule has 0 N–H and O–H groups in total. The topological polar surface area (TPSA) is 26.3 Å².